The Labute approximate surface area is 184 Å². The van der Waals surface area contributed by atoms with Crippen LogP contribution in [0.25, 0.3) is 0 Å². The number of hydrogen-bond acceptors (Lipinski definition) is 9. The van der Waals surface area contributed by atoms with Gasteiger partial charge in [0.1, 0.15) is 18.1 Å². The standard InChI is InChI=1S/C16H29N5O7S2/c1-6(19-15(26)10(5-30)20-14(25)9(17)4-29)12(23)18-7(2)13(24)21-11(8(3)22)16(27)28/h6-11,22,29-30H,4-5,17H2,1-3H3,(H,18,23)(H,19,26)(H,20,25)(H,21,24)(H,27,28)/t6-,7-,8+,9-,10-,11-/m0/s1. The van der Waals surface area contributed by atoms with E-state index in [9.17, 15) is 29.1 Å². The van der Waals surface area contributed by atoms with Crippen LogP contribution in [0, 0.1) is 0 Å². The average Bonchev–Trinajstić information content (AvgIpc) is 2.67. The molecule has 30 heavy (non-hydrogen) atoms. The predicted octanol–water partition coefficient (Wildman–Crippen LogP) is -3.38. The number of carbonyl (C=O) groups is 5. The summed E-state index contributed by atoms with van der Waals surface area (Å²) in [6.45, 7) is 3.85. The molecule has 0 aliphatic rings. The maximum absolute atomic E-state index is 12.3. The molecule has 12 nitrogen and oxygen atoms in total. The molecule has 14 heteroatoms. The van der Waals surface area contributed by atoms with Gasteiger partial charge in [-0.05, 0) is 20.8 Å². The van der Waals surface area contributed by atoms with E-state index in [1.54, 1.807) is 0 Å². The number of aliphatic carboxylic acids is 1. The summed E-state index contributed by atoms with van der Waals surface area (Å²) in [6, 6.07) is -5.74. The van der Waals surface area contributed by atoms with Gasteiger partial charge in [-0.2, -0.15) is 25.3 Å². The Morgan fingerprint density at radius 1 is 0.800 bits per heavy atom. The second-order valence-electron chi connectivity index (χ2n) is 6.56. The molecule has 0 aromatic carbocycles. The van der Waals surface area contributed by atoms with E-state index >= 15 is 0 Å². The molecule has 8 N–H and O–H groups in total. The van der Waals surface area contributed by atoms with E-state index in [4.69, 9.17) is 10.8 Å². The number of hydrogen-bond donors (Lipinski definition) is 9. The molecule has 0 aromatic heterocycles. The second-order valence-corrected chi connectivity index (χ2v) is 7.29. The summed E-state index contributed by atoms with van der Waals surface area (Å²) in [5, 5.41) is 27.5. The van der Waals surface area contributed by atoms with Gasteiger partial charge in [0.05, 0.1) is 12.1 Å². The maximum atomic E-state index is 12.3. The minimum absolute atomic E-state index is 0.0556. The third-order valence-corrected chi connectivity index (χ3v) is 4.66. The molecule has 0 unspecified atom stereocenters. The fourth-order valence-electron chi connectivity index (χ4n) is 2.01. The van der Waals surface area contributed by atoms with Gasteiger partial charge >= 0.3 is 5.97 Å². The van der Waals surface area contributed by atoms with E-state index in [2.05, 4.69) is 46.5 Å². The third-order valence-electron chi connectivity index (χ3n) is 3.90. The summed E-state index contributed by atoms with van der Waals surface area (Å²) in [5.74, 6) is -4.28. The Hall–Kier alpha value is -2.03. The summed E-state index contributed by atoms with van der Waals surface area (Å²) in [7, 11) is 0. The van der Waals surface area contributed by atoms with E-state index in [-0.39, 0.29) is 11.5 Å². The molecule has 0 aliphatic heterocycles. The SMILES string of the molecule is C[C@H](NC(=O)[C@H](C)NC(=O)[C@H](CS)NC(=O)[C@@H](N)CS)C(=O)N[C@H](C(=O)O)[C@@H](C)O. The van der Waals surface area contributed by atoms with Crippen LogP contribution in [0.15, 0.2) is 0 Å². The Morgan fingerprint density at radius 2 is 1.27 bits per heavy atom. The molecular formula is C16H29N5O7S2. The fraction of sp³-hybridized carbons (Fsp3) is 0.688. The summed E-state index contributed by atoms with van der Waals surface area (Å²) in [4.78, 5) is 59.4. The first-order valence-electron chi connectivity index (χ1n) is 8.95. The number of aliphatic hydroxyl groups excluding tert-OH is 1. The van der Waals surface area contributed by atoms with Crippen LogP contribution in [-0.4, -0.2) is 87.6 Å². The molecule has 0 heterocycles. The molecule has 0 saturated carbocycles. The lowest BCUT2D eigenvalue weighted by Crippen LogP contribution is -2.58. The van der Waals surface area contributed by atoms with Crippen molar-refractivity contribution < 1.29 is 34.2 Å². The van der Waals surface area contributed by atoms with Gasteiger partial charge in [0.25, 0.3) is 0 Å². The topological polar surface area (TPSA) is 200 Å². The highest BCUT2D eigenvalue weighted by Crippen LogP contribution is 1.97. The average molecular weight is 468 g/mol. The molecule has 0 bridgehead atoms. The Kier molecular flexibility index (Phi) is 12.4. The maximum Gasteiger partial charge on any atom is 0.328 e. The Balaban J connectivity index is 4.81. The molecule has 0 rings (SSSR count). The lowest BCUT2D eigenvalue weighted by molar-refractivity contribution is -0.145. The summed E-state index contributed by atoms with van der Waals surface area (Å²) < 4.78 is 0. The normalized spacial score (nSPS) is 16.8. The van der Waals surface area contributed by atoms with Crippen LogP contribution in [0.2, 0.25) is 0 Å². The van der Waals surface area contributed by atoms with Gasteiger partial charge < -0.3 is 37.2 Å². The number of carboxylic acids is 1. The van der Waals surface area contributed by atoms with Crippen LogP contribution in [0.4, 0.5) is 0 Å². The van der Waals surface area contributed by atoms with Crippen LogP contribution >= 0.6 is 25.3 Å². The van der Waals surface area contributed by atoms with Crippen LogP contribution in [0.1, 0.15) is 20.8 Å². The first-order chi connectivity index (χ1) is 13.8. The second kappa shape index (κ2) is 13.3. The predicted molar refractivity (Wildman–Crippen MR) is 114 cm³/mol. The number of aliphatic hydroxyl groups is 1. The van der Waals surface area contributed by atoms with Gasteiger partial charge in [0, 0.05) is 11.5 Å². The number of rotatable bonds is 12. The first-order valence-corrected chi connectivity index (χ1v) is 10.2. The summed E-state index contributed by atoms with van der Waals surface area (Å²) in [6.07, 6.45) is -1.35. The minimum atomic E-state index is -1.54. The Morgan fingerprint density at radius 3 is 1.67 bits per heavy atom. The molecule has 0 aliphatic carbocycles. The van der Waals surface area contributed by atoms with Crippen molar-refractivity contribution in [2.24, 2.45) is 5.73 Å². The number of nitrogens with one attached hydrogen (secondary N) is 4. The smallest absolute Gasteiger partial charge is 0.328 e. The van der Waals surface area contributed by atoms with E-state index in [0.717, 1.165) is 0 Å². The van der Waals surface area contributed by atoms with Crippen molar-refractivity contribution in [1.82, 2.24) is 21.3 Å². The molecule has 6 atom stereocenters. The molecule has 0 spiro atoms. The molecule has 4 amide bonds. The highest BCUT2D eigenvalue weighted by atomic mass is 32.1. The van der Waals surface area contributed by atoms with Crippen molar-refractivity contribution in [2.75, 3.05) is 11.5 Å². The van der Waals surface area contributed by atoms with Gasteiger partial charge in [-0.1, -0.05) is 0 Å². The fourth-order valence-corrected chi connectivity index (χ4v) is 2.43. The van der Waals surface area contributed by atoms with Gasteiger partial charge in [0.2, 0.25) is 23.6 Å². The van der Waals surface area contributed by atoms with Gasteiger partial charge in [0.15, 0.2) is 6.04 Å². The summed E-state index contributed by atoms with van der Waals surface area (Å²) in [5.41, 5.74) is 5.52. The first kappa shape index (κ1) is 28.0. The van der Waals surface area contributed by atoms with E-state index in [0.29, 0.717) is 0 Å². The minimum Gasteiger partial charge on any atom is -0.480 e. The highest BCUT2D eigenvalue weighted by molar-refractivity contribution is 7.80. The van der Waals surface area contributed by atoms with Crippen molar-refractivity contribution in [3.63, 3.8) is 0 Å². The van der Waals surface area contributed by atoms with Crippen LogP contribution in [-0.2, 0) is 24.0 Å². The van der Waals surface area contributed by atoms with Crippen molar-refractivity contribution >= 4 is 54.9 Å². The van der Waals surface area contributed by atoms with Gasteiger partial charge in [-0.3, -0.25) is 19.2 Å². The molecular weight excluding hydrogens is 438 g/mol. The third kappa shape index (κ3) is 9.19. The Bertz CT molecular complexity index is 649. The van der Waals surface area contributed by atoms with Crippen LogP contribution < -0.4 is 27.0 Å². The molecule has 0 aromatic rings. The quantitative estimate of drug-likeness (QED) is 0.132. The van der Waals surface area contributed by atoms with E-state index in [1.807, 2.05) is 0 Å². The lowest BCUT2D eigenvalue weighted by Gasteiger charge is -2.23. The van der Waals surface area contributed by atoms with Crippen molar-refractivity contribution in [3.05, 3.63) is 0 Å². The molecule has 172 valence electrons. The zero-order valence-corrected chi connectivity index (χ0v) is 18.6. The van der Waals surface area contributed by atoms with Crippen LogP contribution in [0.5, 0.6) is 0 Å². The van der Waals surface area contributed by atoms with E-state index in [1.165, 1.54) is 20.8 Å². The van der Waals surface area contributed by atoms with Crippen molar-refractivity contribution in [3.8, 4) is 0 Å². The lowest BCUT2D eigenvalue weighted by atomic mass is 10.1. The van der Waals surface area contributed by atoms with Crippen molar-refractivity contribution in [1.29, 1.82) is 0 Å². The zero-order valence-electron chi connectivity index (χ0n) is 16.8. The summed E-state index contributed by atoms with van der Waals surface area (Å²) >= 11 is 7.89. The number of thiol groups is 2. The number of nitrogens with two attached hydrogens (primary N) is 1. The van der Waals surface area contributed by atoms with E-state index < -0.39 is 65.9 Å². The van der Waals surface area contributed by atoms with Gasteiger partial charge in [-0.15, -0.1) is 0 Å². The number of amides is 4. The van der Waals surface area contributed by atoms with Gasteiger partial charge in [-0.25, -0.2) is 4.79 Å². The number of carbonyl (C=O) groups excluding carboxylic acids is 4. The zero-order chi connectivity index (χ0) is 23.6. The molecule has 0 saturated heterocycles. The number of carboxylic acid groups (broad SMARTS) is 1. The molecule has 0 fully saturated rings. The largest absolute Gasteiger partial charge is 0.480 e. The van der Waals surface area contributed by atoms with Crippen molar-refractivity contribution in [2.45, 2.75) is 57.1 Å². The monoisotopic (exact) mass is 467 g/mol. The van der Waals surface area contributed by atoms with Crippen LogP contribution in [0.3, 0.4) is 0 Å². The molecule has 0 radical (unpaired) electrons. The highest BCUT2D eigenvalue weighted by Gasteiger charge is 2.29.